The van der Waals surface area contributed by atoms with Gasteiger partial charge in [-0.2, -0.15) is 0 Å². The van der Waals surface area contributed by atoms with E-state index in [1.165, 1.54) is 29.8 Å². The second kappa shape index (κ2) is 18.4. The van der Waals surface area contributed by atoms with Crippen molar-refractivity contribution in [2.45, 2.75) is 25.7 Å². The Bertz CT molecular complexity index is 2290. The number of nitro benzene ring substituents is 1. The molecule has 0 fully saturated rings. The molecule has 0 atom stereocenters. The maximum Gasteiger partial charge on any atom is 1.00 e. The monoisotopic (exact) mass is 766 g/mol. The third-order valence-corrected chi connectivity index (χ3v) is 7.32. The molecular formula is C27H23ClCrLiN9NaO9S+. The molecule has 0 aliphatic carbocycles. The van der Waals surface area contributed by atoms with Crippen molar-refractivity contribution in [3.63, 3.8) is 0 Å². The maximum atomic E-state index is 12.6. The maximum absolute atomic E-state index is 12.6. The summed E-state index contributed by atoms with van der Waals surface area (Å²) in [4.78, 5) is 32.8. The largest absolute Gasteiger partial charge is 1.00 e. The summed E-state index contributed by atoms with van der Waals surface area (Å²) in [5.74, 6) is -1.16. The molecule has 0 radical (unpaired) electrons. The predicted molar refractivity (Wildman–Crippen MR) is 166 cm³/mol. The number of nitro groups is 1. The first-order valence-corrected chi connectivity index (χ1v) is 14.8. The van der Waals surface area contributed by atoms with Gasteiger partial charge in [0, 0.05) is 34.5 Å². The Kier molecular flexibility index (Phi) is 16.3. The van der Waals surface area contributed by atoms with Gasteiger partial charge >= 0.3 is 48.4 Å². The van der Waals surface area contributed by atoms with Crippen molar-refractivity contribution < 1.29 is 93.9 Å². The molecule has 5 rings (SSSR count). The molecule has 5 N–H and O–H groups in total. The standard InChI is InChI=1S/C17H15N5O7S.C10H9ClN4O2.Cr.Li.Na/c1-9-3-5-11(6-4-9)21-17(24)15(10(2)20-21)19-18-13-7-12(22(25)26)8-14(16(13)23)30(27,28)29;1-5-9(10(17)15-12-5)14-13-7-4-6(11)2-3-8(7)16;;;/h3-8,20,23H,1-2H3,(H,27,28,29);2-4,16H,1H3,(H2,12,15,17);;;/q;;;2*+1/p-1. The number of hydrogen-bond acceptors (Lipinski definition) is 13. The molecule has 0 bridgehead atoms. The van der Waals surface area contributed by atoms with E-state index in [-0.39, 0.29) is 94.1 Å². The number of halogens is 1. The molecule has 2 aromatic heterocycles. The molecule has 0 saturated heterocycles. The molecular weight excluding hydrogens is 744 g/mol. The van der Waals surface area contributed by atoms with Crippen molar-refractivity contribution in [3.05, 3.63) is 107 Å². The van der Waals surface area contributed by atoms with Gasteiger partial charge in [0.1, 0.15) is 32.1 Å². The van der Waals surface area contributed by atoms with Crippen LogP contribution >= 0.6 is 11.6 Å². The number of benzene rings is 3. The van der Waals surface area contributed by atoms with Gasteiger partial charge in [0.15, 0.2) is 17.1 Å². The smallest absolute Gasteiger partial charge is 0.744 e. The van der Waals surface area contributed by atoms with Gasteiger partial charge in [-0.25, -0.2) is 13.1 Å². The molecule has 50 heavy (non-hydrogen) atoms. The molecule has 23 heteroatoms. The molecule has 0 unspecified atom stereocenters. The van der Waals surface area contributed by atoms with Crippen LogP contribution in [-0.4, -0.2) is 48.1 Å². The number of hydrogen-bond donors (Lipinski definition) is 5. The average molecular weight is 767 g/mol. The molecule has 0 amide bonds. The number of aromatic nitrogens is 4. The number of phenolic OH excluding ortho intramolecular Hbond substituents is 2. The molecule has 0 aliphatic heterocycles. The molecule has 2 heterocycles. The Morgan fingerprint density at radius 3 is 2.02 bits per heavy atom. The zero-order valence-electron chi connectivity index (χ0n) is 26.8. The molecule has 3 aromatic carbocycles. The van der Waals surface area contributed by atoms with Gasteiger partial charge in [0.25, 0.3) is 16.8 Å². The minimum Gasteiger partial charge on any atom is -0.744 e. The van der Waals surface area contributed by atoms with E-state index in [0.717, 1.165) is 11.6 Å². The van der Waals surface area contributed by atoms with Crippen molar-refractivity contribution in [2.24, 2.45) is 20.5 Å². The summed E-state index contributed by atoms with van der Waals surface area (Å²) in [6.07, 6.45) is 0. The van der Waals surface area contributed by atoms with Crippen LogP contribution in [0, 0.1) is 30.9 Å². The number of nitrogens with zero attached hydrogens (tertiary/aromatic N) is 6. The zero-order chi connectivity index (χ0) is 34.6. The zero-order valence-corrected chi connectivity index (χ0v) is 31.7. The molecule has 0 aliphatic rings. The fourth-order valence-corrected chi connectivity index (χ4v) is 4.60. The van der Waals surface area contributed by atoms with Gasteiger partial charge in [-0.1, -0.05) is 29.3 Å². The van der Waals surface area contributed by atoms with E-state index in [1.807, 2.05) is 6.92 Å². The molecule has 0 spiro atoms. The fraction of sp³-hybridized carbons (Fsp3) is 0.111. The van der Waals surface area contributed by atoms with Crippen molar-refractivity contribution in [1.29, 1.82) is 0 Å². The second-order valence-electron chi connectivity index (χ2n) is 9.67. The summed E-state index contributed by atoms with van der Waals surface area (Å²) in [7, 11) is -5.22. The Morgan fingerprint density at radius 2 is 1.46 bits per heavy atom. The van der Waals surface area contributed by atoms with E-state index in [9.17, 15) is 42.9 Å². The van der Waals surface area contributed by atoms with Crippen LogP contribution in [0.3, 0.4) is 0 Å². The number of non-ortho nitro benzene ring substituents is 1. The van der Waals surface area contributed by atoms with Crippen LogP contribution in [0.4, 0.5) is 28.4 Å². The van der Waals surface area contributed by atoms with E-state index >= 15 is 0 Å². The molecule has 0 saturated carbocycles. The molecule has 18 nitrogen and oxygen atoms in total. The minimum absolute atomic E-state index is 0. The summed E-state index contributed by atoms with van der Waals surface area (Å²) >= 11 is 5.75. The van der Waals surface area contributed by atoms with E-state index in [4.69, 9.17) is 11.6 Å². The van der Waals surface area contributed by atoms with E-state index in [0.29, 0.717) is 28.2 Å². The normalized spacial score (nSPS) is 10.9. The van der Waals surface area contributed by atoms with E-state index in [1.54, 1.807) is 31.2 Å². The molecule has 250 valence electrons. The first kappa shape index (κ1) is 44.2. The van der Waals surface area contributed by atoms with Crippen LogP contribution < -0.4 is 59.5 Å². The fourth-order valence-electron chi connectivity index (χ4n) is 3.83. The minimum atomic E-state index is -5.22. The summed E-state index contributed by atoms with van der Waals surface area (Å²) in [5.41, 5.74) is 0.170. The van der Waals surface area contributed by atoms with Crippen molar-refractivity contribution in [1.82, 2.24) is 20.0 Å². The first-order valence-electron chi connectivity index (χ1n) is 13.0. The predicted octanol–water partition coefficient (Wildman–Crippen LogP) is -0.493. The number of rotatable bonds is 7. The van der Waals surface area contributed by atoms with Gasteiger partial charge in [0.2, 0.25) is 0 Å². The van der Waals surface area contributed by atoms with Gasteiger partial charge in [-0.3, -0.25) is 29.9 Å². The number of nitrogens with one attached hydrogen (secondary N) is 3. The van der Waals surface area contributed by atoms with Gasteiger partial charge < -0.3 is 19.9 Å². The quantitative estimate of drug-likeness (QED) is 0.0469. The van der Waals surface area contributed by atoms with Crippen LogP contribution in [0.15, 0.2) is 89.5 Å². The summed E-state index contributed by atoms with van der Waals surface area (Å²) in [6.45, 7) is 5.10. The summed E-state index contributed by atoms with van der Waals surface area (Å²) in [5, 5.41) is 53.6. The Labute approximate surface area is 332 Å². The average Bonchev–Trinajstić information content (AvgIpc) is 3.48. The second-order valence-corrected chi connectivity index (χ2v) is 11.5. The number of aryl methyl sites for hydroxylation is 3. The topological polar surface area (TPSA) is 277 Å². The molecule has 5 aromatic rings. The van der Waals surface area contributed by atoms with Gasteiger partial charge in [-0.05, 0) is 51.1 Å². The van der Waals surface area contributed by atoms with Crippen molar-refractivity contribution in [2.75, 3.05) is 0 Å². The van der Waals surface area contributed by atoms with Crippen LogP contribution in [0.1, 0.15) is 17.0 Å². The summed E-state index contributed by atoms with van der Waals surface area (Å²) < 4.78 is 35.0. The number of H-pyrrole nitrogens is 3. The van der Waals surface area contributed by atoms with Crippen molar-refractivity contribution >= 4 is 50.2 Å². The third-order valence-electron chi connectivity index (χ3n) is 6.24. The first-order chi connectivity index (χ1) is 22.1. The van der Waals surface area contributed by atoms with E-state index < -0.39 is 42.6 Å². The van der Waals surface area contributed by atoms with E-state index in [2.05, 4.69) is 35.8 Å². The number of azo groups is 2. The van der Waals surface area contributed by atoms with Gasteiger partial charge in [0.05, 0.1) is 22.0 Å². The van der Waals surface area contributed by atoms with Crippen LogP contribution in [0.5, 0.6) is 11.5 Å². The SMILES string of the molecule is Cc1[nH][nH]c(=O)c1N=Nc1cc(Cl)ccc1O.Cc1ccc(-n2[nH]c(C)c(N=Nc3cc([N+](=O)[O-])cc(S(=O)(=O)[O-])c3O)c2=O)cc1.[Cr].[Li+].[Na+]. The third kappa shape index (κ3) is 10.6. The Balaban J connectivity index is 0.000000536. The van der Waals surface area contributed by atoms with Crippen molar-refractivity contribution in [3.8, 4) is 17.2 Å². The van der Waals surface area contributed by atoms with Gasteiger partial charge in [-0.15, -0.1) is 20.5 Å². The van der Waals surface area contributed by atoms with Crippen LogP contribution in [0.25, 0.3) is 5.69 Å². The van der Waals surface area contributed by atoms with Crippen LogP contribution in [-0.2, 0) is 27.5 Å². The Hall–Kier alpha value is -3.79. The number of aromatic amines is 3. The Morgan fingerprint density at radius 1 is 0.860 bits per heavy atom. The number of phenols is 2. The van der Waals surface area contributed by atoms with Crippen LogP contribution in [0.2, 0.25) is 5.02 Å². The number of aromatic hydroxyl groups is 2. The summed E-state index contributed by atoms with van der Waals surface area (Å²) in [6, 6.07) is 12.5.